The van der Waals surface area contributed by atoms with Crippen LogP contribution in [0, 0.1) is 11.2 Å². The van der Waals surface area contributed by atoms with Crippen molar-refractivity contribution in [3.8, 4) is 0 Å². The summed E-state index contributed by atoms with van der Waals surface area (Å²) in [5.74, 6) is -0.734. The summed E-state index contributed by atoms with van der Waals surface area (Å²) in [4.78, 5) is 26.4. The number of hydrogen-bond donors (Lipinski definition) is 1. The van der Waals surface area contributed by atoms with E-state index >= 15 is 0 Å². The predicted octanol–water partition coefficient (Wildman–Crippen LogP) is 2.50. The SMILES string of the molecule is NCc1cc(F)ccc1N1C(=O)CC2(CCCCC2)C1=O. The summed E-state index contributed by atoms with van der Waals surface area (Å²) < 4.78 is 13.3. The standard InChI is InChI=1S/C16H19FN2O2/c17-12-4-5-13(11(8-12)10-18)19-14(20)9-16(15(19)21)6-2-1-3-7-16/h4-5,8H,1-3,6-7,9-10,18H2. The van der Waals surface area contributed by atoms with Crippen LogP contribution in [0.25, 0.3) is 0 Å². The molecule has 1 aromatic rings. The molecule has 2 amide bonds. The van der Waals surface area contributed by atoms with Crippen LogP contribution in [0.5, 0.6) is 0 Å². The molecule has 112 valence electrons. The van der Waals surface area contributed by atoms with Gasteiger partial charge in [-0.1, -0.05) is 19.3 Å². The lowest BCUT2D eigenvalue weighted by molar-refractivity contribution is -0.127. The molecule has 0 aromatic heterocycles. The summed E-state index contributed by atoms with van der Waals surface area (Å²) in [7, 11) is 0. The van der Waals surface area contributed by atoms with Crippen molar-refractivity contribution in [2.75, 3.05) is 4.90 Å². The van der Waals surface area contributed by atoms with Crippen LogP contribution in [0.4, 0.5) is 10.1 Å². The maximum Gasteiger partial charge on any atom is 0.240 e. The number of nitrogens with two attached hydrogens (primary N) is 1. The molecule has 1 heterocycles. The van der Waals surface area contributed by atoms with Gasteiger partial charge >= 0.3 is 0 Å². The minimum Gasteiger partial charge on any atom is -0.326 e. The van der Waals surface area contributed by atoms with Gasteiger partial charge in [0.1, 0.15) is 5.82 Å². The first-order valence-corrected chi connectivity index (χ1v) is 7.43. The van der Waals surface area contributed by atoms with E-state index in [0.29, 0.717) is 11.3 Å². The quantitative estimate of drug-likeness (QED) is 0.851. The molecule has 4 nitrogen and oxygen atoms in total. The van der Waals surface area contributed by atoms with Gasteiger partial charge in [0.2, 0.25) is 11.8 Å². The average Bonchev–Trinajstić information content (AvgIpc) is 2.71. The zero-order valence-corrected chi connectivity index (χ0v) is 11.9. The Bertz CT molecular complexity index is 594. The molecule has 2 aliphatic rings. The second-order valence-corrected chi connectivity index (χ2v) is 6.03. The van der Waals surface area contributed by atoms with Crippen LogP contribution in [-0.4, -0.2) is 11.8 Å². The molecule has 1 aliphatic carbocycles. The van der Waals surface area contributed by atoms with Gasteiger partial charge < -0.3 is 5.73 Å². The van der Waals surface area contributed by atoms with Crippen LogP contribution in [0.15, 0.2) is 18.2 Å². The van der Waals surface area contributed by atoms with Gasteiger partial charge in [-0.15, -0.1) is 0 Å². The van der Waals surface area contributed by atoms with E-state index in [1.54, 1.807) is 0 Å². The van der Waals surface area contributed by atoms with E-state index in [4.69, 9.17) is 5.73 Å². The monoisotopic (exact) mass is 290 g/mol. The summed E-state index contributed by atoms with van der Waals surface area (Å²) in [6, 6.07) is 4.04. The summed E-state index contributed by atoms with van der Waals surface area (Å²) >= 11 is 0. The summed E-state index contributed by atoms with van der Waals surface area (Å²) in [5.41, 5.74) is 6.03. The topological polar surface area (TPSA) is 63.4 Å². The van der Waals surface area contributed by atoms with Gasteiger partial charge in [-0.05, 0) is 36.6 Å². The minimum atomic E-state index is -0.532. The van der Waals surface area contributed by atoms with E-state index in [0.717, 1.165) is 32.1 Å². The van der Waals surface area contributed by atoms with Crippen molar-refractivity contribution in [3.05, 3.63) is 29.6 Å². The van der Waals surface area contributed by atoms with Crippen LogP contribution in [0.3, 0.4) is 0 Å². The Morgan fingerprint density at radius 3 is 2.57 bits per heavy atom. The van der Waals surface area contributed by atoms with Crippen LogP contribution in [-0.2, 0) is 16.1 Å². The van der Waals surface area contributed by atoms with E-state index in [-0.39, 0.29) is 24.8 Å². The highest BCUT2D eigenvalue weighted by molar-refractivity contribution is 6.22. The van der Waals surface area contributed by atoms with E-state index in [1.807, 2.05) is 0 Å². The zero-order valence-electron chi connectivity index (χ0n) is 11.9. The van der Waals surface area contributed by atoms with Crippen molar-refractivity contribution < 1.29 is 14.0 Å². The third kappa shape index (κ3) is 2.25. The van der Waals surface area contributed by atoms with Gasteiger partial charge in [0.15, 0.2) is 0 Å². The van der Waals surface area contributed by atoms with E-state index in [2.05, 4.69) is 0 Å². The van der Waals surface area contributed by atoms with Crippen molar-refractivity contribution >= 4 is 17.5 Å². The number of imide groups is 1. The van der Waals surface area contributed by atoms with Gasteiger partial charge in [-0.2, -0.15) is 0 Å². The Morgan fingerprint density at radius 2 is 1.90 bits per heavy atom. The number of carbonyl (C=O) groups excluding carboxylic acids is 2. The molecule has 0 radical (unpaired) electrons. The smallest absolute Gasteiger partial charge is 0.240 e. The Kier molecular flexibility index (Phi) is 3.53. The van der Waals surface area contributed by atoms with Crippen LogP contribution in [0.1, 0.15) is 44.1 Å². The van der Waals surface area contributed by atoms with Gasteiger partial charge in [0, 0.05) is 13.0 Å². The van der Waals surface area contributed by atoms with Crippen molar-refractivity contribution in [2.24, 2.45) is 11.1 Å². The number of rotatable bonds is 2. The number of carbonyl (C=O) groups is 2. The van der Waals surface area contributed by atoms with E-state index in [1.165, 1.54) is 23.1 Å². The van der Waals surface area contributed by atoms with E-state index < -0.39 is 11.2 Å². The maximum atomic E-state index is 13.3. The molecule has 1 aliphatic heterocycles. The van der Waals surface area contributed by atoms with Crippen molar-refractivity contribution in [2.45, 2.75) is 45.1 Å². The Balaban J connectivity index is 1.99. The zero-order chi connectivity index (χ0) is 15.0. The third-order valence-corrected chi connectivity index (χ3v) is 4.71. The Hall–Kier alpha value is -1.75. The van der Waals surface area contributed by atoms with Gasteiger partial charge in [0.05, 0.1) is 11.1 Å². The molecule has 0 atom stereocenters. The molecule has 21 heavy (non-hydrogen) atoms. The summed E-state index contributed by atoms with van der Waals surface area (Å²) in [6.45, 7) is 0.0944. The van der Waals surface area contributed by atoms with E-state index in [9.17, 15) is 14.0 Å². The highest BCUT2D eigenvalue weighted by atomic mass is 19.1. The summed E-state index contributed by atoms with van der Waals surface area (Å²) in [6.07, 6.45) is 4.90. The van der Waals surface area contributed by atoms with Crippen LogP contribution in [0.2, 0.25) is 0 Å². The highest BCUT2D eigenvalue weighted by Gasteiger charge is 2.52. The molecule has 3 rings (SSSR count). The van der Waals surface area contributed by atoms with Gasteiger partial charge in [-0.3, -0.25) is 9.59 Å². The van der Waals surface area contributed by atoms with Gasteiger partial charge in [0.25, 0.3) is 0 Å². The first-order chi connectivity index (χ1) is 10.1. The first kappa shape index (κ1) is 14.2. The molecular formula is C16H19FN2O2. The molecule has 1 aromatic carbocycles. The fraction of sp³-hybridized carbons (Fsp3) is 0.500. The predicted molar refractivity (Wildman–Crippen MR) is 76.9 cm³/mol. The minimum absolute atomic E-state index is 0.0944. The van der Waals surface area contributed by atoms with Crippen molar-refractivity contribution in [1.29, 1.82) is 0 Å². The van der Waals surface area contributed by atoms with Crippen molar-refractivity contribution in [3.63, 3.8) is 0 Å². The molecule has 1 saturated carbocycles. The molecule has 2 fully saturated rings. The number of anilines is 1. The molecule has 1 saturated heterocycles. The largest absolute Gasteiger partial charge is 0.326 e. The molecule has 0 unspecified atom stereocenters. The molecule has 2 N–H and O–H groups in total. The maximum absolute atomic E-state index is 13.3. The van der Waals surface area contributed by atoms with Crippen LogP contribution >= 0.6 is 0 Å². The lowest BCUT2D eigenvalue weighted by Gasteiger charge is -2.30. The van der Waals surface area contributed by atoms with Crippen LogP contribution < -0.4 is 10.6 Å². The second kappa shape index (κ2) is 5.22. The lowest BCUT2D eigenvalue weighted by Crippen LogP contribution is -2.37. The fourth-order valence-corrected chi connectivity index (χ4v) is 3.59. The number of nitrogens with zero attached hydrogens (tertiary/aromatic N) is 1. The van der Waals surface area contributed by atoms with Gasteiger partial charge in [-0.25, -0.2) is 9.29 Å². The Labute approximate surface area is 123 Å². The third-order valence-electron chi connectivity index (χ3n) is 4.71. The first-order valence-electron chi connectivity index (χ1n) is 7.43. The molecular weight excluding hydrogens is 271 g/mol. The summed E-state index contributed by atoms with van der Waals surface area (Å²) in [5, 5.41) is 0. The fourth-order valence-electron chi connectivity index (χ4n) is 3.59. The van der Waals surface area contributed by atoms with Crippen molar-refractivity contribution in [1.82, 2.24) is 0 Å². The molecule has 5 heteroatoms. The number of benzene rings is 1. The molecule has 0 bridgehead atoms. The normalized spacial score (nSPS) is 21.3. The number of halogens is 1. The Morgan fingerprint density at radius 1 is 1.19 bits per heavy atom. The number of hydrogen-bond acceptors (Lipinski definition) is 3. The second-order valence-electron chi connectivity index (χ2n) is 6.03. The highest BCUT2D eigenvalue weighted by Crippen LogP contribution is 2.46. The number of amides is 2. The molecule has 1 spiro atoms. The average molecular weight is 290 g/mol. The lowest BCUT2D eigenvalue weighted by atomic mass is 9.73.